The van der Waals surface area contributed by atoms with E-state index in [0.29, 0.717) is 42.9 Å². The quantitative estimate of drug-likeness (QED) is 0.418. The van der Waals surface area contributed by atoms with Crippen LogP contribution in [0.25, 0.3) is 0 Å². The maximum Gasteiger partial charge on any atom is 0.272 e. The third kappa shape index (κ3) is 4.81. The van der Waals surface area contributed by atoms with E-state index in [9.17, 15) is 14.9 Å². The summed E-state index contributed by atoms with van der Waals surface area (Å²) in [5, 5.41) is 14.7. The molecule has 35 heavy (non-hydrogen) atoms. The number of fused-ring (bicyclic) bond motifs is 1. The summed E-state index contributed by atoms with van der Waals surface area (Å²) < 4.78 is 0. The second-order valence-corrected chi connectivity index (χ2v) is 9.00. The van der Waals surface area contributed by atoms with E-state index >= 15 is 0 Å². The van der Waals surface area contributed by atoms with Crippen LogP contribution in [0.5, 0.6) is 0 Å². The minimum absolute atomic E-state index is 0.0333. The largest absolute Gasteiger partial charge is 0.383 e. The fraction of sp³-hybridized carbons (Fsp3) is 0.308. The lowest BCUT2D eigenvalue weighted by Crippen LogP contribution is -2.53. The molecular weight excluding hydrogens is 444 g/mol. The van der Waals surface area contributed by atoms with Crippen molar-refractivity contribution in [2.45, 2.75) is 25.4 Å². The number of rotatable bonds is 6. The first-order valence-electron chi connectivity index (χ1n) is 11.8. The van der Waals surface area contributed by atoms with Gasteiger partial charge in [0.15, 0.2) is 0 Å². The van der Waals surface area contributed by atoms with Gasteiger partial charge in [0.2, 0.25) is 0 Å². The molecule has 1 atom stereocenters. The molecule has 9 heteroatoms. The molecule has 2 aromatic carbocycles. The Labute approximate surface area is 203 Å². The third-order valence-electron chi connectivity index (χ3n) is 6.92. The van der Waals surface area contributed by atoms with Crippen LogP contribution in [-0.2, 0) is 19.3 Å². The van der Waals surface area contributed by atoms with Gasteiger partial charge in [-0.2, -0.15) is 0 Å². The van der Waals surface area contributed by atoms with Gasteiger partial charge in [-0.25, -0.2) is 4.98 Å². The number of nitrogens with two attached hydrogens (primary N) is 1. The number of carbonyl (C=O) groups excluding carboxylic acids is 1. The Hall–Kier alpha value is -3.98. The highest BCUT2D eigenvalue weighted by atomic mass is 16.6. The maximum absolute atomic E-state index is 13.1. The van der Waals surface area contributed by atoms with Gasteiger partial charge < -0.3 is 16.0 Å². The number of nitrogens with zero attached hydrogens (tertiary/aromatic N) is 4. The monoisotopic (exact) mass is 472 g/mol. The summed E-state index contributed by atoms with van der Waals surface area (Å²) in [4.78, 5) is 32.4. The second kappa shape index (κ2) is 9.71. The minimum Gasteiger partial charge on any atom is -0.383 e. The van der Waals surface area contributed by atoms with Crippen LogP contribution in [0.3, 0.4) is 0 Å². The van der Waals surface area contributed by atoms with Gasteiger partial charge in [0.05, 0.1) is 11.1 Å². The number of amides is 1. The zero-order valence-electron chi connectivity index (χ0n) is 19.4. The van der Waals surface area contributed by atoms with Gasteiger partial charge in [0, 0.05) is 67.2 Å². The van der Waals surface area contributed by atoms with Crippen molar-refractivity contribution in [2.24, 2.45) is 0 Å². The van der Waals surface area contributed by atoms with Crippen molar-refractivity contribution in [2.75, 3.05) is 37.2 Å². The van der Waals surface area contributed by atoms with E-state index in [1.807, 2.05) is 41.3 Å². The molecule has 5 rings (SSSR count). The fourth-order valence-corrected chi connectivity index (χ4v) is 4.92. The average molecular weight is 473 g/mol. The minimum atomic E-state index is -0.342. The predicted octanol–water partition coefficient (Wildman–Crippen LogP) is 3.11. The Morgan fingerprint density at radius 3 is 2.51 bits per heavy atom. The number of aromatic nitrogens is 1. The van der Waals surface area contributed by atoms with E-state index in [1.54, 1.807) is 18.3 Å². The number of aryl methyl sites for hydroxylation is 2. The summed E-state index contributed by atoms with van der Waals surface area (Å²) in [7, 11) is 0. The van der Waals surface area contributed by atoms with Crippen LogP contribution in [-0.4, -0.2) is 58.0 Å². The number of hydrogen-bond donors (Lipinski definition) is 2. The first-order chi connectivity index (χ1) is 17.0. The topological polar surface area (TPSA) is 118 Å². The Bertz CT molecular complexity index is 1240. The summed E-state index contributed by atoms with van der Waals surface area (Å²) in [6.07, 6.45) is 3.96. The molecule has 3 aromatic rings. The van der Waals surface area contributed by atoms with Crippen LogP contribution in [0.2, 0.25) is 0 Å². The number of benzene rings is 2. The number of hydrogen-bond acceptors (Lipinski definition) is 7. The smallest absolute Gasteiger partial charge is 0.272 e. The maximum atomic E-state index is 13.1. The van der Waals surface area contributed by atoms with Crippen molar-refractivity contribution in [1.82, 2.24) is 14.8 Å². The molecule has 1 aromatic heterocycles. The molecule has 3 N–H and O–H groups in total. The Kier molecular flexibility index (Phi) is 6.33. The van der Waals surface area contributed by atoms with Gasteiger partial charge in [0.25, 0.3) is 11.6 Å². The molecule has 1 saturated heterocycles. The average Bonchev–Trinajstić information content (AvgIpc) is 3.33. The highest BCUT2D eigenvalue weighted by Gasteiger charge is 2.31. The van der Waals surface area contributed by atoms with Gasteiger partial charge in [0.1, 0.15) is 5.82 Å². The van der Waals surface area contributed by atoms with E-state index in [4.69, 9.17) is 5.73 Å². The van der Waals surface area contributed by atoms with Crippen LogP contribution < -0.4 is 11.1 Å². The molecular formula is C26H28N6O3. The van der Waals surface area contributed by atoms with Crippen molar-refractivity contribution in [3.8, 4) is 0 Å². The normalized spacial score (nSPS) is 17.6. The molecule has 1 amide bonds. The van der Waals surface area contributed by atoms with E-state index in [1.165, 1.54) is 6.07 Å². The molecule has 0 radical (unpaired) electrons. The van der Waals surface area contributed by atoms with Crippen LogP contribution in [0.15, 0.2) is 60.8 Å². The molecule has 2 aliphatic heterocycles. The lowest BCUT2D eigenvalue weighted by atomic mass is 10.0. The van der Waals surface area contributed by atoms with Gasteiger partial charge in [-0.1, -0.05) is 30.3 Å². The van der Waals surface area contributed by atoms with Crippen molar-refractivity contribution in [1.29, 1.82) is 0 Å². The molecule has 0 spiro atoms. The van der Waals surface area contributed by atoms with Gasteiger partial charge in [-0.05, 0) is 36.6 Å². The standard InChI is InChI=1S/C26H28N6O3/c27-25-21-17-24(29-22(21)11-12-28-25)30-13-15-31(16-14-30)26(33)20-9-6-18(7-10-20)5-8-19-3-1-2-4-23(19)32(34)35/h1-4,6-7,9-12,24,29H,5,8,13-17H2,(H2,27,28). The van der Waals surface area contributed by atoms with Crippen molar-refractivity contribution in [3.63, 3.8) is 0 Å². The molecule has 180 valence electrons. The van der Waals surface area contributed by atoms with Crippen LogP contribution >= 0.6 is 0 Å². The van der Waals surface area contributed by atoms with Gasteiger partial charge in [-0.15, -0.1) is 0 Å². The van der Waals surface area contributed by atoms with Crippen molar-refractivity contribution < 1.29 is 9.72 Å². The molecule has 0 saturated carbocycles. The SMILES string of the molecule is Nc1nccc2c1CC(N1CCN(C(=O)c3ccc(CCc4ccccc4[N+](=O)[O-])cc3)CC1)N2. The van der Waals surface area contributed by atoms with Crippen molar-refractivity contribution >= 4 is 23.1 Å². The number of anilines is 2. The van der Waals surface area contributed by atoms with Crippen LogP contribution in [0.4, 0.5) is 17.2 Å². The number of nitrogens with one attached hydrogen (secondary N) is 1. The summed E-state index contributed by atoms with van der Waals surface area (Å²) >= 11 is 0. The number of nitro benzene ring substituents is 1. The van der Waals surface area contributed by atoms with Gasteiger partial charge in [-0.3, -0.25) is 19.8 Å². The first kappa shape index (κ1) is 22.8. The number of piperazine rings is 1. The molecule has 3 heterocycles. The van der Waals surface area contributed by atoms with E-state index < -0.39 is 0 Å². The second-order valence-electron chi connectivity index (χ2n) is 9.00. The lowest BCUT2D eigenvalue weighted by molar-refractivity contribution is -0.385. The Balaban J connectivity index is 1.14. The zero-order chi connectivity index (χ0) is 24.4. The fourth-order valence-electron chi connectivity index (χ4n) is 4.92. The molecule has 9 nitrogen and oxygen atoms in total. The zero-order valence-corrected chi connectivity index (χ0v) is 19.4. The molecule has 2 aliphatic rings. The molecule has 0 aliphatic carbocycles. The van der Waals surface area contributed by atoms with E-state index in [-0.39, 0.29) is 22.7 Å². The van der Waals surface area contributed by atoms with E-state index in [0.717, 1.165) is 36.3 Å². The number of carbonyl (C=O) groups is 1. The predicted molar refractivity (Wildman–Crippen MR) is 134 cm³/mol. The highest BCUT2D eigenvalue weighted by molar-refractivity contribution is 5.94. The highest BCUT2D eigenvalue weighted by Crippen LogP contribution is 2.30. The number of nitro groups is 1. The van der Waals surface area contributed by atoms with Crippen LogP contribution in [0.1, 0.15) is 27.0 Å². The summed E-state index contributed by atoms with van der Waals surface area (Å²) in [5.41, 5.74) is 10.7. The summed E-state index contributed by atoms with van der Waals surface area (Å²) in [6, 6.07) is 16.4. The van der Waals surface area contributed by atoms with E-state index in [2.05, 4.69) is 15.2 Å². The third-order valence-corrected chi connectivity index (χ3v) is 6.92. The first-order valence-corrected chi connectivity index (χ1v) is 11.8. The molecule has 1 fully saturated rings. The Morgan fingerprint density at radius 2 is 1.80 bits per heavy atom. The number of pyridine rings is 1. The van der Waals surface area contributed by atoms with Crippen LogP contribution in [0, 0.1) is 10.1 Å². The number of para-hydroxylation sites is 1. The molecule has 0 bridgehead atoms. The number of nitrogen functional groups attached to an aromatic ring is 1. The lowest BCUT2D eigenvalue weighted by Gasteiger charge is -2.38. The molecule has 1 unspecified atom stereocenters. The summed E-state index contributed by atoms with van der Waals surface area (Å²) in [6.45, 7) is 2.92. The summed E-state index contributed by atoms with van der Waals surface area (Å²) in [5.74, 6) is 0.614. The Morgan fingerprint density at radius 1 is 1.06 bits per heavy atom. The van der Waals surface area contributed by atoms with Crippen molar-refractivity contribution in [3.05, 3.63) is 93.2 Å². The van der Waals surface area contributed by atoms with Gasteiger partial charge >= 0.3 is 0 Å².